The molecule has 2 aliphatic rings. The molecule has 0 aromatic heterocycles. The normalized spacial score (nSPS) is 31.5. The number of nitrogens with zero attached hydrogens (tertiary/aromatic N) is 1. The zero-order valence-electron chi connectivity index (χ0n) is 11.5. The molecule has 18 heavy (non-hydrogen) atoms. The minimum atomic E-state index is -0.331. The van der Waals surface area contributed by atoms with E-state index in [-0.39, 0.29) is 29.3 Å². The van der Waals surface area contributed by atoms with Gasteiger partial charge < -0.3 is 15.5 Å². The SMILES string of the molecule is CN1CCC(NC(=O)C2NCCCC2(C)C)C1=O. The smallest absolute Gasteiger partial charge is 0.244 e. The second-order valence-corrected chi connectivity index (χ2v) is 6.09. The maximum Gasteiger partial charge on any atom is 0.244 e. The summed E-state index contributed by atoms with van der Waals surface area (Å²) in [5.41, 5.74) is -0.0457. The summed E-state index contributed by atoms with van der Waals surface area (Å²) in [7, 11) is 1.78. The summed E-state index contributed by atoms with van der Waals surface area (Å²) in [4.78, 5) is 25.7. The highest BCUT2D eigenvalue weighted by Crippen LogP contribution is 2.30. The first-order valence-electron chi connectivity index (χ1n) is 6.70. The maximum absolute atomic E-state index is 12.3. The number of likely N-dealkylation sites (tertiary alicyclic amines) is 1. The fraction of sp³-hybridized carbons (Fsp3) is 0.846. The van der Waals surface area contributed by atoms with E-state index in [1.807, 2.05) is 0 Å². The summed E-state index contributed by atoms with van der Waals surface area (Å²) in [5.74, 6) is -0.00897. The minimum Gasteiger partial charge on any atom is -0.344 e. The third-order valence-electron chi connectivity index (χ3n) is 4.13. The molecule has 0 radical (unpaired) electrons. The van der Waals surface area contributed by atoms with Gasteiger partial charge in [-0.15, -0.1) is 0 Å². The van der Waals surface area contributed by atoms with Crippen LogP contribution in [0.1, 0.15) is 33.1 Å². The lowest BCUT2D eigenvalue weighted by Crippen LogP contribution is -2.57. The molecule has 2 fully saturated rings. The Morgan fingerprint density at radius 2 is 2.22 bits per heavy atom. The van der Waals surface area contributed by atoms with Crippen LogP contribution >= 0.6 is 0 Å². The Labute approximate surface area is 108 Å². The van der Waals surface area contributed by atoms with Crippen molar-refractivity contribution in [3.8, 4) is 0 Å². The molecule has 2 N–H and O–H groups in total. The summed E-state index contributed by atoms with van der Waals surface area (Å²) in [5, 5.41) is 6.16. The number of likely N-dealkylation sites (N-methyl/N-ethyl adjacent to an activating group) is 1. The van der Waals surface area contributed by atoms with Gasteiger partial charge in [0.05, 0.1) is 6.04 Å². The Bertz CT molecular complexity index is 354. The Hall–Kier alpha value is -1.10. The number of carbonyl (C=O) groups excluding carboxylic acids is 2. The third-order valence-corrected chi connectivity index (χ3v) is 4.13. The molecule has 0 aliphatic carbocycles. The van der Waals surface area contributed by atoms with E-state index in [4.69, 9.17) is 0 Å². The molecular weight excluding hydrogens is 230 g/mol. The van der Waals surface area contributed by atoms with Crippen LogP contribution in [0.2, 0.25) is 0 Å². The van der Waals surface area contributed by atoms with Crippen LogP contribution in [0.4, 0.5) is 0 Å². The van der Waals surface area contributed by atoms with E-state index in [1.54, 1.807) is 11.9 Å². The average molecular weight is 253 g/mol. The van der Waals surface area contributed by atoms with Crippen LogP contribution < -0.4 is 10.6 Å². The standard InChI is InChI=1S/C13H23N3O2/c1-13(2)6-4-7-14-10(13)11(17)15-9-5-8-16(3)12(9)18/h9-10,14H,4-8H2,1-3H3,(H,15,17). The van der Waals surface area contributed by atoms with Gasteiger partial charge >= 0.3 is 0 Å². The average Bonchev–Trinajstić information content (AvgIpc) is 2.60. The van der Waals surface area contributed by atoms with Crippen molar-refractivity contribution in [1.82, 2.24) is 15.5 Å². The Morgan fingerprint density at radius 3 is 2.78 bits per heavy atom. The topological polar surface area (TPSA) is 61.4 Å². The molecule has 0 aromatic rings. The fourth-order valence-corrected chi connectivity index (χ4v) is 2.87. The lowest BCUT2D eigenvalue weighted by atomic mass is 9.77. The lowest BCUT2D eigenvalue weighted by molar-refractivity contribution is -0.134. The largest absolute Gasteiger partial charge is 0.344 e. The molecule has 2 rings (SSSR count). The van der Waals surface area contributed by atoms with Crippen LogP contribution in [0.15, 0.2) is 0 Å². The zero-order valence-corrected chi connectivity index (χ0v) is 11.5. The van der Waals surface area contributed by atoms with E-state index < -0.39 is 0 Å². The Kier molecular flexibility index (Phi) is 3.61. The number of amides is 2. The van der Waals surface area contributed by atoms with Gasteiger partial charge in [-0.1, -0.05) is 13.8 Å². The summed E-state index contributed by atoms with van der Waals surface area (Å²) in [6.45, 7) is 5.81. The van der Waals surface area contributed by atoms with Gasteiger partial charge in [-0.25, -0.2) is 0 Å². The van der Waals surface area contributed by atoms with Crippen LogP contribution in [0, 0.1) is 5.41 Å². The summed E-state index contributed by atoms with van der Waals surface area (Å²) in [6.07, 6.45) is 2.85. The predicted octanol–water partition coefficient (Wildman–Crippen LogP) is 0.112. The highest BCUT2D eigenvalue weighted by Gasteiger charge is 2.39. The lowest BCUT2D eigenvalue weighted by Gasteiger charge is -2.38. The highest BCUT2D eigenvalue weighted by molar-refractivity contribution is 5.91. The van der Waals surface area contributed by atoms with Crippen molar-refractivity contribution in [2.75, 3.05) is 20.1 Å². The molecule has 5 heteroatoms. The first kappa shape index (κ1) is 13.3. The van der Waals surface area contributed by atoms with Gasteiger partial charge in [0.25, 0.3) is 0 Å². The van der Waals surface area contributed by atoms with E-state index in [2.05, 4.69) is 24.5 Å². The molecule has 5 nitrogen and oxygen atoms in total. The number of carbonyl (C=O) groups is 2. The Balaban J connectivity index is 1.97. The highest BCUT2D eigenvalue weighted by atomic mass is 16.2. The van der Waals surface area contributed by atoms with E-state index >= 15 is 0 Å². The van der Waals surface area contributed by atoms with Gasteiger partial charge in [0.15, 0.2) is 0 Å². The number of hydrogen-bond donors (Lipinski definition) is 2. The number of piperidine rings is 1. The number of hydrogen-bond acceptors (Lipinski definition) is 3. The molecule has 2 aliphatic heterocycles. The van der Waals surface area contributed by atoms with Gasteiger partial charge in [-0.3, -0.25) is 9.59 Å². The van der Waals surface area contributed by atoms with E-state index in [9.17, 15) is 9.59 Å². The van der Waals surface area contributed by atoms with Crippen molar-refractivity contribution in [1.29, 1.82) is 0 Å². The number of nitrogens with one attached hydrogen (secondary N) is 2. The van der Waals surface area contributed by atoms with Gasteiger partial charge in [0, 0.05) is 13.6 Å². The van der Waals surface area contributed by atoms with Gasteiger partial charge in [-0.05, 0) is 31.2 Å². The van der Waals surface area contributed by atoms with E-state index in [0.29, 0.717) is 6.42 Å². The van der Waals surface area contributed by atoms with Crippen molar-refractivity contribution < 1.29 is 9.59 Å². The van der Waals surface area contributed by atoms with E-state index in [0.717, 1.165) is 25.9 Å². The minimum absolute atomic E-state index is 0.0250. The molecule has 2 atom stereocenters. The van der Waals surface area contributed by atoms with Gasteiger partial charge in [-0.2, -0.15) is 0 Å². The molecular formula is C13H23N3O2. The molecule has 0 saturated carbocycles. The summed E-state index contributed by atoms with van der Waals surface area (Å²) in [6, 6.07) is -0.521. The molecule has 0 spiro atoms. The van der Waals surface area contributed by atoms with Crippen molar-refractivity contribution in [2.24, 2.45) is 5.41 Å². The van der Waals surface area contributed by atoms with Crippen LogP contribution in [-0.4, -0.2) is 48.9 Å². The number of rotatable bonds is 2. The van der Waals surface area contributed by atoms with Gasteiger partial charge in [0.2, 0.25) is 11.8 Å². The molecule has 2 saturated heterocycles. The van der Waals surface area contributed by atoms with Crippen molar-refractivity contribution >= 4 is 11.8 Å². The zero-order chi connectivity index (χ0) is 13.3. The molecule has 0 bridgehead atoms. The maximum atomic E-state index is 12.3. The second-order valence-electron chi connectivity index (χ2n) is 6.09. The first-order valence-corrected chi connectivity index (χ1v) is 6.70. The Morgan fingerprint density at radius 1 is 1.50 bits per heavy atom. The van der Waals surface area contributed by atoms with Crippen molar-refractivity contribution in [3.63, 3.8) is 0 Å². The summed E-state index contributed by atoms with van der Waals surface area (Å²) < 4.78 is 0. The molecule has 102 valence electrons. The van der Waals surface area contributed by atoms with Crippen molar-refractivity contribution in [3.05, 3.63) is 0 Å². The molecule has 2 heterocycles. The van der Waals surface area contributed by atoms with Crippen LogP contribution in [0.3, 0.4) is 0 Å². The third kappa shape index (κ3) is 2.51. The van der Waals surface area contributed by atoms with Crippen LogP contribution in [0.25, 0.3) is 0 Å². The predicted molar refractivity (Wildman–Crippen MR) is 69.0 cm³/mol. The first-order chi connectivity index (χ1) is 8.42. The fourth-order valence-electron chi connectivity index (χ4n) is 2.87. The second kappa shape index (κ2) is 4.88. The molecule has 2 unspecified atom stereocenters. The summed E-state index contributed by atoms with van der Waals surface area (Å²) >= 11 is 0. The molecule has 0 aromatic carbocycles. The van der Waals surface area contributed by atoms with Gasteiger partial charge in [0.1, 0.15) is 6.04 Å². The quantitative estimate of drug-likeness (QED) is 0.734. The molecule has 2 amide bonds. The van der Waals surface area contributed by atoms with Crippen LogP contribution in [0.5, 0.6) is 0 Å². The van der Waals surface area contributed by atoms with Crippen LogP contribution in [-0.2, 0) is 9.59 Å². The monoisotopic (exact) mass is 253 g/mol. The van der Waals surface area contributed by atoms with E-state index in [1.165, 1.54) is 0 Å². The van der Waals surface area contributed by atoms with Crippen molar-refractivity contribution in [2.45, 2.75) is 45.2 Å².